The lowest BCUT2D eigenvalue weighted by molar-refractivity contribution is 0.0674. The minimum absolute atomic E-state index is 0.109. The highest BCUT2D eigenvalue weighted by Gasteiger charge is 2.22. The fraction of sp³-hybridized carbons (Fsp3) is 0.154. The lowest BCUT2D eigenvalue weighted by Gasteiger charge is -2.16. The number of amides is 1. The molecule has 2 N–H and O–H groups in total. The smallest absolute Gasteiger partial charge is 0.354 e. The molecule has 0 saturated heterocycles. The van der Waals surface area contributed by atoms with Crippen molar-refractivity contribution in [2.75, 3.05) is 7.05 Å². The quantitative estimate of drug-likeness (QED) is 0.903. The molecular weight excluding hydrogens is 282 g/mol. The average molecular weight is 294 g/mol. The minimum atomic E-state index is -1.22. The number of rotatable bonds is 4. The van der Waals surface area contributed by atoms with Crippen LogP contribution >= 0.6 is 11.6 Å². The van der Waals surface area contributed by atoms with Crippen LogP contribution in [0.4, 0.5) is 0 Å². The van der Waals surface area contributed by atoms with E-state index in [1.54, 1.807) is 25.2 Å². The number of nitrogens with zero attached hydrogens (tertiary/aromatic N) is 2. The monoisotopic (exact) mass is 293 g/mol. The highest BCUT2D eigenvalue weighted by atomic mass is 35.5. The summed E-state index contributed by atoms with van der Waals surface area (Å²) in [5.41, 5.74) is 0.524. The first kappa shape index (κ1) is 14.1. The van der Waals surface area contributed by atoms with Crippen LogP contribution < -0.4 is 0 Å². The fourth-order valence-corrected chi connectivity index (χ4v) is 1.99. The second-order valence-corrected chi connectivity index (χ2v) is 4.66. The van der Waals surface area contributed by atoms with Crippen LogP contribution in [0, 0.1) is 0 Å². The Labute approximate surface area is 120 Å². The molecule has 0 unspecified atom stereocenters. The molecular formula is C13H12ClN3O3. The topological polar surface area (TPSA) is 86.3 Å². The Morgan fingerprint density at radius 3 is 2.85 bits per heavy atom. The van der Waals surface area contributed by atoms with Crippen molar-refractivity contribution in [3.05, 3.63) is 52.6 Å². The number of hydrogen-bond acceptors (Lipinski definition) is 3. The highest BCUT2D eigenvalue weighted by Crippen LogP contribution is 2.14. The molecule has 0 radical (unpaired) electrons. The third-order valence-corrected chi connectivity index (χ3v) is 2.95. The summed E-state index contributed by atoms with van der Waals surface area (Å²) in [6, 6.07) is 7.10. The second kappa shape index (κ2) is 5.75. The van der Waals surface area contributed by atoms with Crippen molar-refractivity contribution in [1.29, 1.82) is 0 Å². The third-order valence-electron chi connectivity index (χ3n) is 2.71. The van der Waals surface area contributed by atoms with Crippen LogP contribution in [0.5, 0.6) is 0 Å². The summed E-state index contributed by atoms with van der Waals surface area (Å²) in [6.45, 7) is 0.311. The first-order valence-corrected chi connectivity index (χ1v) is 6.13. The number of carbonyl (C=O) groups excluding carboxylic acids is 1. The Bertz CT molecular complexity index is 654. The third kappa shape index (κ3) is 2.97. The normalized spacial score (nSPS) is 10.3. The lowest BCUT2D eigenvalue weighted by Crippen LogP contribution is -2.28. The van der Waals surface area contributed by atoms with Gasteiger partial charge in [-0.2, -0.15) is 0 Å². The molecule has 20 heavy (non-hydrogen) atoms. The van der Waals surface area contributed by atoms with Crippen molar-refractivity contribution >= 4 is 23.5 Å². The number of carboxylic acid groups (broad SMARTS) is 1. The fourth-order valence-electron chi connectivity index (χ4n) is 1.78. The maximum Gasteiger partial charge on any atom is 0.354 e. The van der Waals surface area contributed by atoms with Crippen LogP contribution in [0.15, 0.2) is 30.6 Å². The maximum absolute atomic E-state index is 12.2. The zero-order chi connectivity index (χ0) is 14.7. The largest absolute Gasteiger partial charge is 0.477 e. The van der Waals surface area contributed by atoms with Gasteiger partial charge in [0.15, 0.2) is 11.4 Å². The van der Waals surface area contributed by atoms with Crippen molar-refractivity contribution < 1.29 is 14.7 Å². The summed E-state index contributed by atoms with van der Waals surface area (Å²) in [4.78, 5) is 30.7. The van der Waals surface area contributed by atoms with Gasteiger partial charge in [0.1, 0.15) is 0 Å². The first-order chi connectivity index (χ1) is 9.49. The van der Waals surface area contributed by atoms with E-state index in [9.17, 15) is 9.59 Å². The molecule has 1 heterocycles. The van der Waals surface area contributed by atoms with E-state index in [2.05, 4.69) is 9.97 Å². The summed E-state index contributed by atoms with van der Waals surface area (Å²) in [6.07, 6.45) is 1.18. The number of nitrogens with one attached hydrogen (secondary N) is 1. The Morgan fingerprint density at radius 2 is 2.20 bits per heavy atom. The zero-order valence-corrected chi connectivity index (χ0v) is 11.4. The van der Waals surface area contributed by atoms with E-state index in [-0.39, 0.29) is 11.4 Å². The molecule has 2 aromatic rings. The number of aromatic amines is 1. The van der Waals surface area contributed by atoms with E-state index in [0.29, 0.717) is 11.6 Å². The molecule has 0 fully saturated rings. The molecule has 104 valence electrons. The van der Waals surface area contributed by atoms with Crippen molar-refractivity contribution in [3.63, 3.8) is 0 Å². The molecule has 1 amide bonds. The number of imidazole rings is 1. The molecule has 1 aromatic carbocycles. The zero-order valence-electron chi connectivity index (χ0n) is 10.6. The van der Waals surface area contributed by atoms with Gasteiger partial charge in [0.05, 0.1) is 6.33 Å². The van der Waals surface area contributed by atoms with E-state index in [1.807, 2.05) is 6.07 Å². The molecule has 0 saturated carbocycles. The first-order valence-electron chi connectivity index (χ1n) is 5.75. The van der Waals surface area contributed by atoms with E-state index in [0.717, 1.165) is 5.56 Å². The molecule has 0 aliphatic carbocycles. The average Bonchev–Trinajstić information content (AvgIpc) is 2.87. The lowest BCUT2D eigenvalue weighted by atomic mass is 10.2. The Kier molecular flexibility index (Phi) is 4.05. The van der Waals surface area contributed by atoms with E-state index >= 15 is 0 Å². The van der Waals surface area contributed by atoms with Gasteiger partial charge >= 0.3 is 5.97 Å². The van der Waals surface area contributed by atoms with Gasteiger partial charge in [-0.15, -0.1) is 0 Å². The Hall–Kier alpha value is -2.34. The van der Waals surface area contributed by atoms with Crippen molar-refractivity contribution in [1.82, 2.24) is 14.9 Å². The molecule has 0 spiro atoms. The number of halogens is 1. The Balaban J connectivity index is 2.16. The summed E-state index contributed by atoms with van der Waals surface area (Å²) in [5, 5.41) is 9.53. The molecule has 6 nitrogen and oxygen atoms in total. The van der Waals surface area contributed by atoms with Gasteiger partial charge in [-0.25, -0.2) is 9.78 Å². The molecule has 1 aromatic heterocycles. The van der Waals surface area contributed by atoms with E-state index in [1.165, 1.54) is 11.2 Å². The van der Waals surface area contributed by atoms with E-state index in [4.69, 9.17) is 16.7 Å². The number of carbonyl (C=O) groups is 2. The van der Waals surface area contributed by atoms with Crippen molar-refractivity contribution in [2.24, 2.45) is 0 Å². The highest BCUT2D eigenvalue weighted by molar-refractivity contribution is 6.30. The number of aromatic carboxylic acids is 1. The van der Waals surface area contributed by atoms with Gasteiger partial charge in [-0.05, 0) is 17.7 Å². The van der Waals surface area contributed by atoms with Gasteiger partial charge in [0, 0.05) is 18.6 Å². The summed E-state index contributed by atoms with van der Waals surface area (Å²) < 4.78 is 0. The van der Waals surface area contributed by atoms with Gasteiger partial charge in [0.25, 0.3) is 5.91 Å². The van der Waals surface area contributed by atoms with Gasteiger partial charge in [0.2, 0.25) is 0 Å². The minimum Gasteiger partial charge on any atom is -0.477 e. The van der Waals surface area contributed by atoms with Crippen molar-refractivity contribution in [3.8, 4) is 0 Å². The van der Waals surface area contributed by atoms with Crippen LogP contribution in [0.25, 0.3) is 0 Å². The Morgan fingerprint density at radius 1 is 1.45 bits per heavy atom. The predicted octanol–water partition coefficient (Wildman–Crippen LogP) is 2.03. The SMILES string of the molecule is CN(Cc1cccc(Cl)c1)C(=O)c1nc[nH]c1C(=O)O. The second-order valence-electron chi connectivity index (χ2n) is 4.22. The summed E-state index contributed by atoms with van der Waals surface area (Å²) in [7, 11) is 1.57. The van der Waals surface area contributed by atoms with Crippen LogP contribution in [0.3, 0.4) is 0 Å². The van der Waals surface area contributed by atoms with Crippen LogP contribution in [-0.4, -0.2) is 38.9 Å². The number of benzene rings is 1. The van der Waals surface area contributed by atoms with Crippen LogP contribution in [0.1, 0.15) is 26.5 Å². The molecule has 0 atom stereocenters. The number of carboxylic acids is 1. The van der Waals surface area contributed by atoms with Gasteiger partial charge < -0.3 is 15.0 Å². The molecule has 0 bridgehead atoms. The molecule has 7 heteroatoms. The predicted molar refractivity (Wildman–Crippen MR) is 72.8 cm³/mol. The molecule has 0 aliphatic heterocycles. The van der Waals surface area contributed by atoms with Gasteiger partial charge in [-0.1, -0.05) is 23.7 Å². The van der Waals surface area contributed by atoms with Crippen molar-refractivity contribution in [2.45, 2.75) is 6.54 Å². The van der Waals surface area contributed by atoms with Crippen LogP contribution in [0.2, 0.25) is 5.02 Å². The molecule has 2 rings (SSSR count). The number of aromatic nitrogens is 2. The number of H-pyrrole nitrogens is 1. The van der Waals surface area contributed by atoms with Gasteiger partial charge in [-0.3, -0.25) is 4.79 Å². The summed E-state index contributed by atoms with van der Waals surface area (Å²) >= 11 is 5.88. The van der Waals surface area contributed by atoms with E-state index < -0.39 is 11.9 Å². The maximum atomic E-state index is 12.2. The van der Waals surface area contributed by atoms with Crippen LogP contribution in [-0.2, 0) is 6.54 Å². The number of hydrogen-bond donors (Lipinski definition) is 2. The molecule has 0 aliphatic rings. The summed E-state index contributed by atoms with van der Waals surface area (Å²) in [5.74, 6) is -1.69. The standard InChI is InChI=1S/C13H12ClN3O3/c1-17(6-8-3-2-4-9(14)5-8)12(18)10-11(13(19)20)16-7-15-10/h2-5,7H,6H2,1H3,(H,15,16)(H,19,20).